The standard InChI is InChI=1S/C11H11ClO2/c1-7(8(2)13)6-9-4-3-5-10(14)11(9)12/h3-6,14H,1-2H3/b7-6+. The Balaban J connectivity index is 3.15. The van der Waals surface area contributed by atoms with Crippen molar-refractivity contribution in [2.45, 2.75) is 13.8 Å². The van der Waals surface area contributed by atoms with Gasteiger partial charge in [0.05, 0.1) is 5.02 Å². The van der Waals surface area contributed by atoms with Gasteiger partial charge in [-0.2, -0.15) is 0 Å². The molecule has 74 valence electrons. The van der Waals surface area contributed by atoms with Crippen LogP contribution in [-0.2, 0) is 4.79 Å². The minimum absolute atomic E-state index is 0.00981. The van der Waals surface area contributed by atoms with Crippen molar-refractivity contribution in [2.24, 2.45) is 0 Å². The van der Waals surface area contributed by atoms with Gasteiger partial charge < -0.3 is 5.11 Å². The number of phenols is 1. The molecule has 0 spiro atoms. The van der Waals surface area contributed by atoms with Crippen LogP contribution in [0.15, 0.2) is 23.8 Å². The number of benzene rings is 1. The highest BCUT2D eigenvalue weighted by molar-refractivity contribution is 6.33. The number of ketones is 1. The lowest BCUT2D eigenvalue weighted by Gasteiger charge is -2.01. The van der Waals surface area contributed by atoms with E-state index in [2.05, 4.69) is 0 Å². The summed E-state index contributed by atoms with van der Waals surface area (Å²) in [4.78, 5) is 11.0. The molecule has 0 bridgehead atoms. The molecule has 0 aliphatic carbocycles. The largest absolute Gasteiger partial charge is 0.506 e. The fourth-order valence-corrected chi connectivity index (χ4v) is 1.16. The molecule has 0 heterocycles. The van der Waals surface area contributed by atoms with Gasteiger partial charge in [0.15, 0.2) is 5.78 Å². The number of Topliss-reactive ketones (excluding diaryl/α,β-unsaturated/α-hetero) is 1. The summed E-state index contributed by atoms with van der Waals surface area (Å²) in [7, 11) is 0. The topological polar surface area (TPSA) is 37.3 Å². The van der Waals surface area contributed by atoms with E-state index in [1.165, 1.54) is 13.0 Å². The number of rotatable bonds is 2. The molecule has 0 radical (unpaired) electrons. The van der Waals surface area contributed by atoms with Crippen molar-refractivity contribution in [1.29, 1.82) is 0 Å². The van der Waals surface area contributed by atoms with E-state index >= 15 is 0 Å². The lowest BCUT2D eigenvalue weighted by Crippen LogP contribution is -1.90. The predicted molar refractivity (Wildman–Crippen MR) is 57.4 cm³/mol. The first-order valence-electron chi connectivity index (χ1n) is 4.19. The Kier molecular flexibility index (Phi) is 3.31. The highest BCUT2D eigenvalue weighted by atomic mass is 35.5. The highest BCUT2D eigenvalue weighted by Gasteiger charge is 2.03. The third-order valence-corrected chi connectivity index (χ3v) is 2.35. The fourth-order valence-electron chi connectivity index (χ4n) is 0.983. The number of carbonyl (C=O) groups excluding carboxylic acids is 1. The zero-order chi connectivity index (χ0) is 10.7. The number of hydrogen-bond donors (Lipinski definition) is 1. The van der Waals surface area contributed by atoms with Gasteiger partial charge in [0.25, 0.3) is 0 Å². The second kappa shape index (κ2) is 4.29. The molecule has 1 aromatic rings. The monoisotopic (exact) mass is 210 g/mol. The fraction of sp³-hybridized carbons (Fsp3) is 0.182. The number of halogens is 1. The van der Waals surface area contributed by atoms with Gasteiger partial charge in [0.2, 0.25) is 0 Å². The molecule has 0 amide bonds. The zero-order valence-electron chi connectivity index (χ0n) is 8.04. The number of hydrogen-bond acceptors (Lipinski definition) is 2. The average molecular weight is 211 g/mol. The summed E-state index contributed by atoms with van der Waals surface area (Å²) in [6.45, 7) is 3.20. The molecule has 0 saturated carbocycles. The summed E-state index contributed by atoms with van der Waals surface area (Å²) in [5.41, 5.74) is 1.26. The van der Waals surface area contributed by atoms with Gasteiger partial charge in [0, 0.05) is 0 Å². The van der Waals surface area contributed by atoms with Crippen molar-refractivity contribution in [3.05, 3.63) is 34.4 Å². The maximum Gasteiger partial charge on any atom is 0.155 e. The Labute approximate surface area is 87.8 Å². The third kappa shape index (κ3) is 2.36. The van der Waals surface area contributed by atoms with E-state index in [4.69, 9.17) is 11.6 Å². The maximum atomic E-state index is 11.0. The Morgan fingerprint density at radius 2 is 2.07 bits per heavy atom. The molecule has 2 nitrogen and oxygen atoms in total. The average Bonchev–Trinajstić information content (AvgIpc) is 2.12. The van der Waals surface area contributed by atoms with E-state index in [0.29, 0.717) is 11.1 Å². The van der Waals surface area contributed by atoms with E-state index in [1.807, 2.05) is 0 Å². The van der Waals surface area contributed by atoms with Gasteiger partial charge in [-0.15, -0.1) is 0 Å². The van der Waals surface area contributed by atoms with Crippen LogP contribution in [0, 0.1) is 0 Å². The molecule has 0 unspecified atom stereocenters. The van der Waals surface area contributed by atoms with Crippen LogP contribution >= 0.6 is 11.6 Å². The number of allylic oxidation sites excluding steroid dienone is 1. The van der Waals surface area contributed by atoms with Gasteiger partial charge in [-0.25, -0.2) is 0 Å². The number of phenolic OH excluding ortho intramolecular Hbond substituents is 1. The summed E-state index contributed by atoms with van der Waals surface area (Å²) in [6, 6.07) is 4.93. The van der Waals surface area contributed by atoms with Crippen molar-refractivity contribution in [1.82, 2.24) is 0 Å². The van der Waals surface area contributed by atoms with Crippen LogP contribution in [0.1, 0.15) is 19.4 Å². The third-order valence-electron chi connectivity index (χ3n) is 1.94. The number of aromatic hydroxyl groups is 1. The van der Waals surface area contributed by atoms with E-state index in [9.17, 15) is 9.90 Å². The van der Waals surface area contributed by atoms with Gasteiger partial charge in [-0.3, -0.25) is 4.79 Å². The normalized spacial score (nSPS) is 11.5. The molecule has 3 heteroatoms. The van der Waals surface area contributed by atoms with Crippen LogP contribution in [0.5, 0.6) is 5.75 Å². The summed E-state index contributed by atoms with van der Waals surface area (Å²) in [5.74, 6) is 0.0150. The van der Waals surface area contributed by atoms with Crippen molar-refractivity contribution < 1.29 is 9.90 Å². The van der Waals surface area contributed by atoms with Crippen LogP contribution in [-0.4, -0.2) is 10.9 Å². The molecule has 1 aromatic carbocycles. The lowest BCUT2D eigenvalue weighted by molar-refractivity contribution is -0.113. The molecule has 0 aromatic heterocycles. The van der Waals surface area contributed by atoms with Crippen molar-refractivity contribution in [3.63, 3.8) is 0 Å². The summed E-state index contributed by atoms with van der Waals surface area (Å²) in [6.07, 6.45) is 1.66. The predicted octanol–water partition coefficient (Wildman–Crippen LogP) is 3.04. The van der Waals surface area contributed by atoms with E-state index in [1.54, 1.807) is 25.1 Å². The van der Waals surface area contributed by atoms with Crippen molar-refractivity contribution in [3.8, 4) is 5.75 Å². The van der Waals surface area contributed by atoms with Crippen molar-refractivity contribution >= 4 is 23.5 Å². The SMILES string of the molecule is CC(=O)/C(C)=C/c1cccc(O)c1Cl. The van der Waals surface area contributed by atoms with Gasteiger partial charge in [-0.1, -0.05) is 23.7 Å². The van der Waals surface area contributed by atoms with E-state index in [-0.39, 0.29) is 16.6 Å². The maximum absolute atomic E-state index is 11.0. The molecular weight excluding hydrogens is 200 g/mol. The Morgan fingerprint density at radius 3 is 2.64 bits per heavy atom. The molecular formula is C11H11ClO2. The first-order chi connectivity index (χ1) is 6.52. The smallest absolute Gasteiger partial charge is 0.155 e. The molecule has 14 heavy (non-hydrogen) atoms. The molecule has 1 rings (SSSR count). The number of carbonyl (C=O) groups is 1. The minimum atomic E-state index is -0.00981. The highest BCUT2D eigenvalue weighted by Crippen LogP contribution is 2.28. The first kappa shape index (κ1) is 10.8. The second-order valence-corrected chi connectivity index (χ2v) is 3.44. The Hall–Kier alpha value is -1.28. The molecule has 0 atom stereocenters. The van der Waals surface area contributed by atoms with E-state index in [0.717, 1.165) is 0 Å². The Morgan fingerprint density at radius 1 is 1.43 bits per heavy atom. The molecule has 0 aliphatic rings. The first-order valence-corrected chi connectivity index (χ1v) is 4.57. The van der Waals surface area contributed by atoms with Crippen LogP contribution < -0.4 is 0 Å². The molecule has 0 fully saturated rings. The van der Waals surface area contributed by atoms with Crippen LogP contribution in [0.25, 0.3) is 6.08 Å². The lowest BCUT2D eigenvalue weighted by atomic mass is 10.1. The molecule has 1 N–H and O–H groups in total. The van der Waals surface area contributed by atoms with Gasteiger partial charge in [0.1, 0.15) is 5.75 Å². The van der Waals surface area contributed by atoms with Crippen molar-refractivity contribution in [2.75, 3.05) is 0 Å². The molecule has 0 aliphatic heterocycles. The van der Waals surface area contributed by atoms with Gasteiger partial charge in [-0.05, 0) is 37.1 Å². The van der Waals surface area contributed by atoms with Crippen LogP contribution in [0.2, 0.25) is 5.02 Å². The molecule has 0 saturated heterocycles. The summed E-state index contributed by atoms with van der Waals surface area (Å²) in [5, 5.41) is 9.58. The minimum Gasteiger partial charge on any atom is -0.506 e. The summed E-state index contributed by atoms with van der Waals surface area (Å²) >= 11 is 5.84. The second-order valence-electron chi connectivity index (χ2n) is 3.06. The summed E-state index contributed by atoms with van der Waals surface area (Å²) < 4.78 is 0. The quantitative estimate of drug-likeness (QED) is 0.762. The zero-order valence-corrected chi connectivity index (χ0v) is 8.80. The van der Waals surface area contributed by atoms with E-state index < -0.39 is 0 Å². The van der Waals surface area contributed by atoms with Crippen LogP contribution in [0.3, 0.4) is 0 Å². The van der Waals surface area contributed by atoms with Gasteiger partial charge >= 0.3 is 0 Å². The van der Waals surface area contributed by atoms with Crippen LogP contribution in [0.4, 0.5) is 0 Å². The Bertz CT molecular complexity index is 394.